The minimum atomic E-state index is -2.94. The Hall–Kier alpha value is -3.69. The van der Waals surface area contributed by atoms with E-state index in [0.717, 1.165) is 55.1 Å². The molecule has 2 fully saturated rings. The highest BCUT2D eigenvalue weighted by Gasteiger charge is 2.32. The molecule has 6 rings (SSSR count). The number of hydrogen-bond acceptors (Lipinski definition) is 5. The molecule has 0 unspecified atom stereocenters. The van der Waals surface area contributed by atoms with Gasteiger partial charge in [0.05, 0.1) is 11.7 Å². The molecule has 2 saturated heterocycles. The molecule has 3 aromatic heterocycles. The Morgan fingerprint density at radius 1 is 1.19 bits per heavy atom. The molecule has 2 aliphatic heterocycles. The van der Waals surface area contributed by atoms with Crippen LogP contribution in [0.5, 0.6) is 5.75 Å². The van der Waals surface area contributed by atoms with E-state index in [2.05, 4.69) is 28.5 Å². The second-order valence-electron chi connectivity index (χ2n) is 10.2. The van der Waals surface area contributed by atoms with Gasteiger partial charge in [0.1, 0.15) is 17.3 Å². The summed E-state index contributed by atoms with van der Waals surface area (Å²) in [5, 5.41) is 5.28. The molecule has 37 heavy (non-hydrogen) atoms. The lowest BCUT2D eigenvalue weighted by molar-refractivity contribution is -0.0487. The number of carbonyl (C=O) groups excluding carboxylic acids is 1. The summed E-state index contributed by atoms with van der Waals surface area (Å²) in [7, 11) is 0. The van der Waals surface area contributed by atoms with Crippen molar-refractivity contribution in [1.82, 2.24) is 24.5 Å². The lowest BCUT2D eigenvalue weighted by atomic mass is 9.99. The van der Waals surface area contributed by atoms with Crippen molar-refractivity contribution in [3.63, 3.8) is 0 Å². The van der Waals surface area contributed by atoms with E-state index in [-0.39, 0.29) is 17.7 Å². The molecule has 2 atom stereocenters. The van der Waals surface area contributed by atoms with Gasteiger partial charge in [-0.3, -0.25) is 4.79 Å². The third kappa shape index (κ3) is 4.38. The number of carbonyl (C=O) groups is 1. The van der Waals surface area contributed by atoms with Crippen LogP contribution in [0.1, 0.15) is 60.4 Å². The van der Waals surface area contributed by atoms with Crippen molar-refractivity contribution in [1.29, 1.82) is 0 Å². The summed E-state index contributed by atoms with van der Waals surface area (Å²) in [5.41, 5.74) is 3.58. The number of ether oxygens (including phenoxy) is 1. The molecule has 194 valence electrons. The van der Waals surface area contributed by atoms with Crippen LogP contribution in [0.4, 0.5) is 14.6 Å². The SMILES string of the molecule is Cc1cn2nc([C@@H]3CCCCN3C(=O)c3cc4c(OC(F)F)cccc4[nH]3)cc2nc1N1CC[C@H](C)C1. The van der Waals surface area contributed by atoms with Crippen LogP contribution in [0.15, 0.2) is 36.5 Å². The number of likely N-dealkylation sites (tertiary alicyclic amines) is 1. The highest BCUT2D eigenvalue weighted by atomic mass is 19.3. The molecule has 0 aliphatic carbocycles. The van der Waals surface area contributed by atoms with Gasteiger partial charge in [0.15, 0.2) is 5.65 Å². The molecular formula is C27H30F2N6O2. The zero-order chi connectivity index (χ0) is 25.7. The van der Waals surface area contributed by atoms with Crippen LogP contribution in [0.3, 0.4) is 0 Å². The molecule has 10 heteroatoms. The van der Waals surface area contributed by atoms with E-state index in [1.807, 2.05) is 21.7 Å². The summed E-state index contributed by atoms with van der Waals surface area (Å²) in [5.74, 6) is 1.52. The quantitative estimate of drug-likeness (QED) is 0.394. The number of hydrogen-bond donors (Lipinski definition) is 1. The Morgan fingerprint density at radius 3 is 2.84 bits per heavy atom. The number of aryl methyl sites for hydroxylation is 1. The van der Waals surface area contributed by atoms with Crippen LogP contribution in [-0.4, -0.2) is 56.6 Å². The first-order chi connectivity index (χ1) is 17.9. The van der Waals surface area contributed by atoms with Crippen LogP contribution >= 0.6 is 0 Å². The number of anilines is 1. The van der Waals surface area contributed by atoms with Crippen molar-refractivity contribution in [2.45, 2.75) is 52.2 Å². The second kappa shape index (κ2) is 9.32. The molecule has 2 aliphatic rings. The number of H-pyrrole nitrogens is 1. The molecular weight excluding hydrogens is 478 g/mol. The van der Waals surface area contributed by atoms with Gasteiger partial charge >= 0.3 is 6.61 Å². The summed E-state index contributed by atoms with van der Waals surface area (Å²) < 4.78 is 32.2. The van der Waals surface area contributed by atoms with Gasteiger partial charge in [-0.05, 0) is 56.7 Å². The number of benzene rings is 1. The van der Waals surface area contributed by atoms with E-state index >= 15 is 0 Å². The first-order valence-electron chi connectivity index (χ1n) is 12.9. The first kappa shape index (κ1) is 23.7. The van der Waals surface area contributed by atoms with Gasteiger partial charge in [0, 0.05) is 48.4 Å². The molecule has 8 nitrogen and oxygen atoms in total. The third-order valence-electron chi connectivity index (χ3n) is 7.52. The zero-order valence-corrected chi connectivity index (χ0v) is 21.0. The lowest BCUT2D eigenvalue weighted by Gasteiger charge is -2.34. The maximum atomic E-state index is 13.7. The number of aromatic nitrogens is 4. The fraction of sp³-hybridized carbons (Fsp3) is 0.444. The third-order valence-corrected chi connectivity index (χ3v) is 7.52. The Bertz CT molecular complexity index is 1460. The van der Waals surface area contributed by atoms with E-state index < -0.39 is 6.61 Å². The van der Waals surface area contributed by atoms with Gasteiger partial charge < -0.3 is 19.5 Å². The van der Waals surface area contributed by atoms with E-state index in [4.69, 9.17) is 10.1 Å². The number of aromatic amines is 1. The molecule has 4 aromatic rings. The van der Waals surface area contributed by atoms with Crippen LogP contribution in [0, 0.1) is 12.8 Å². The second-order valence-corrected chi connectivity index (χ2v) is 10.2. The van der Waals surface area contributed by atoms with Gasteiger partial charge in [0.25, 0.3) is 5.91 Å². The number of nitrogens with one attached hydrogen (secondary N) is 1. The van der Waals surface area contributed by atoms with Crippen molar-refractivity contribution in [2.75, 3.05) is 24.5 Å². The summed E-state index contributed by atoms with van der Waals surface area (Å²) >= 11 is 0. The lowest BCUT2D eigenvalue weighted by Crippen LogP contribution is -2.38. The number of piperidine rings is 1. The number of amides is 1. The molecule has 1 N–H and O–H groups in total. The number of fused-ring (bicyclic) bond motifs is 2. The molecule has 0 spiro atoms. The molecule has 0 bridgehead atoms. The Balaban J connectivity index is 1.31. The molecule has 0 radical (unpaired) electrons. The van der Waals surface area contributed by atoms with Crippen molar-refractivity contribution >= 4 is 28.3 Å². The maximum absolute atomic E-state index is 13.7. The van der Waals surface area contributed by atoms with Crippen molar-refractivity contribution < 1.29 is 18.3 Å². The highest BCUT2D eigenvalue weighted by molar-refractivity contribution is 6.00. The summed E-state index contributed by atoms with van der Waals surface area (Å²) in [6, 6.07) is 8.23. The van der Waals surface area contributed by atoms with Crippen molar-refractivity contribution in [3.05, 3.63) is 53.5 Å². The largest absolute Gasteiger partial charge is 0.434 e. The van der Waals surface area contributed by atoms with Crippen LogP contribution in [0.2, 0.25) is 0 Å². The Kier molecular flexibility index (Phi) is 5.97. The molecule has 1 amide bonds. The number of nitrogens with zero attached hydrogens (tertiary/aromatic N) is 5. The normalized spacial score (nSPS) is 20.5. The minimum Gasteiger partial charge on any atom is -0.434 e. The molecule has 0 saturated carbocycles. The predicted octanol–water partition coefficient (Wildman–Crippen LogP) is 5.33. The average Bonchev–Trinajstić information content (AvgIpc) is 3.61. The van der Waals surface area contributed by atoms with E-state index in [9.17, 15) is 13.6 Å². The zero-order valence-electron chi connectivity index (χ0n) is 21.0. The van der Waals surface area contributed by atoms with Crippen LogP contribution in [0.25, 0.3) is 16.6 Å². The fourth-order valence-electron chi connectivity index (χ4n) is 5.71. The van der Waals surface area contributed by atoms with Crippen LogP contribution in [-0.2, 0) is 0 Å². The summed E-state index contributed by atoms with van der Waals surface area (Å²) in [6.07, 6.45) is 5.86. The summed E-state index contributed by atoms with van der Waals surface area (Å²) in [4.78, 5) is 25.9. The van der Waals surface area contributed by atoms with Gasteiger partial charge in [-0.2, -0.15) is 13.9 Å². The van der Waals surface area contributed by atoms with Gasteiger partial charge in [-0.1, -0.05) is 13.0 Å². The Labute approximate surface area is 213 Å². The Morgan fingerprint density at radius 2 is 2.05 bits per heavy atom. The highest BCUT2D eigenvalue weighted by Crippen LogP contribution is 2.34. The number of rotatable bonds is 5. The molecule has 1 aromatic carbocycles. The van der Waals surface area contributed by atoms with Gasteiger partial charge in [-0.15, -0.1) is 0 Å². The van der Waals surface area contributed by atoms with Crippen LogP contribution < -0.4 is 9.64 Å². The minimum absolute atomic E-state index is 0.0444. The standard InChI is InChI=1S/C27H30F2N6O2/c1-16-9-11-33(14-16)25-17(2)15-35-24(31-25)13-20(32-35)22-7-3-4-10-34(22)26(36)21-12-18-19(30-21)6-5-8-23(18)37-27(28)29/h5-6,8,12-13,15-16,22,27,30H,3-4,7,9-11,14H2,1-2H3/t16-,22-/m0/s1. The topological polar surface area (TPSA) is 78.8 Å². The average molecular weight is 509 g/mol. The number of halogens is 2. The number of alkyl halides is 2. The fourth-order valence-corrected chi connectivity index (χ4v) is 5.71. The maximum Gasteiger partial charge on any atom is 0.387 e. The van der Waals surface area contributed by atoms with E-state index in [1.54, 1.807) is 18.2 Å². The summed E-state index contributed by atoms with van der Waals surface area (Å²) in [6.45, 7) is 3.99. The molecule has 5 heterocycles. The van der Waals surface area contributed by atoms with Gasteiger partial charge in [0.2, 0.25) is 0 Å². The first-order valence-corrected chi connectivity index (χ1v) is 12.9. The monoisotopic (exact) mass is 508 g/mol. The van der Waals surface area contributed by atoms with Gasteiger partial charge in [-0.25, -0.2) is 9.50 Å². The predicted molar refractivity (Wildman–Crippen MR) is 136 cm³/mol. The van der Waals surface area contributed by atoms with E-state index in [1.165, 1.54) is 12.5 Å². The van der Waals surface area contributed by atoms with E-state index in [0.29, 0.717) is 29.1 Å². The van der Waals surface area contributed by atoms with Crippen molar-refractivity contribution in [3.8, 4) is 5.75 Å². The van der Waals surface area contributed by atoms with Crippen molar-refractivity contribution in [2.24, 2.45) is 5.92 Å². The smallest absolute Gasteiger partial charge is 0.387 e.